The molecule has 2 heterocycles. The molecule has 1 aliphatic heterocycles. The molecular weight excluding hydrogens is 412 g/mol. The van der Waals surface area contributed by atoms with Crippen LogP contribution in [0.2, 0.25) is 5.02 Å². The van der Waals surface area contributed by atoms with E-state index in [2.05, 4.69) is 48.5 Å². The number of amides is 1. The zero-order chi connectivity index (χ0) is 21.3. The fourth-order valence-corrected chi connectivity index (χ4v) is 5.60. The van der Waals surface area contributed by atoms with E-state index in [1.165, 1.54) is 28.5 Å². The molecule has 0 aliphatic carbocycles. The van der Waals surface area contributed by atoms with E-state index in [4.69, 9.17) is 11.6 Å². The number of halogens is 1. The summed E-state index contributed by atoms with van der Waals surface area (Å²) in [5.74, 6) is 0.414. The van der Waals surface area contributed by atoms with Gasteiger partial charge in [0.05, 0.1) is 10.6 Å². The van der Waals surface area contributed by atoms with Gasteiger partial charge >= 0.3 is 0 Å². The molecule has 2 aromatic carbocycles. The molecule has 1 aromatic heterocycles. The van der Waals surface area contributed by atoms with Crippen molar-refractivity contribution in [1.29, 1.82) is 0 Å². The van der Waals surface area contributed by atoms with Gasteiger partial charge in [-0.15, -0.1) is 11.3 Å². The third-order valence-electron chi connectivity index (χ3n) is 5.71. The van der Waals surface area contributed by atoms with Crippen molar-refractivity contribution in [1.82, 2.24) is 4.90 Å². The molecule has 0 radical (unpaired) electrons. The van der Waals surface area contributed by atoms with Crippen LogP contribution in [-0.2, 0) is 0 Å². The number of anilines is 1. The highest BCUT2D eigenvalue weighted by atomic mass is 35.5. The monoisotopic (exact) mass is 440 g/mol. The van der Waals surface area contributed by atoms with E-state index in [1.807, 2.05) is 18.2 Å². The second-order valence-corrected chi connectivity index (χ2v) is 10.8. The highest BCUT2D eigenvalue weighted by Gasteiger charge is 2.25. The van der Waals surface area contributed by atoms with Crippen molar-refractivity contribution < 1.29 is 4.79 Å². The SMILES string of the molecule is CC(C)(C)CN1CCC(c2csc3ccc(NC(=O)c4ccccc4Cl)cc23)CC1. The normalized spacial score (nSPS) is 16.1. The van der Waals surface area contributed by atoms with Gasteiger partial charge in [0.2, 0.25) is 0 Å². The topological polar surface area (TPSA) is 32.3 Å². The Hall–Kier alpha value is -1.88. The lowest BCUT2D eigenvalue weighted by Gasteiger charge is -2.36. The third-order valence-corrected chi connectivity index (χ3v) is 7.02. The van der Waals surface area contributed by atoms with Crippen molar-refractivity contribution in [2.24, 2.45) is 5.41 Å². The number of rotatable bonds is 4. The Labute approximate surface area is 188 Å². The number of piperidine rings is 1. The largest absolute Gasteiger partial charge is 0.322 e. The zero-order valence-electron chi connectivity index (χ0n) is 17.9. The lowest BCUT2D eigenvalue weighted by molar-refractivity contribution is 0.102. The van der Waals surface area contributed by atoms with Crippen LogP contribution in [0.15, 0.2) is 47.8 Å². The average Bonchev–Trinajstić information content (AvgIpc) is 3.11. The van der Waals surface area contributed by atoms with Gasteiger partial charge in [0.1, 0.15) is 0 Å². The fourth-order valence-electron chi connectivity index (χ4n) is 4.36. The highest BCUT2D eigenvalue weighted by Crippen LogP contribution is 2.38. The second kappa shape index (κ2) is 8.70. The lowest BCUT2D eigenvalue weighted by Crippen LogP contribution is -2.38. The van der Waals surface area contributed by atoms with Gasteiger partial charge in [-0.2, -0.15) is 0 Å². The van der Waals surface area contributed by atoms with Crippen LogP contribution in [0.5, 0.6) is 0 Å². The third kappa shape index (κ3) is 4.88. The lowest BCUT2D eigenvalue weighted by atomic mass is 9.87. The van der Waals surface area contributed by atoms with Gasteiger partial charge in [-0.05, 0) is 83.9 Å². The van der Waals surface area contributed by atoms with E-state index in [0.717, 1.165) is 25.3 Å². The Kier molecular flexibility index (Phi) is 6.19. The summed E-state index contributed by atoms with van der Waals surface area (Å²) in [6.45, 7) is 10.4. The number of fused-ring (bicyclic) bond motifs is 1. The van der Waals surface area contributed by atoms with E-state index in [1.54, 1.807) is 23.5 Å². The Morgan fingerprint density at radius 3 is 2.60 bits per heavy atom. The molecule has 3 nitrogen and oxygen atoms in total. The number of thiophene rings is 1. The molecule has 0 saturated carbocycles. The second-order valence-electron chi connectivity index (χ2n) is 9.45. The maximum absolute atomic E-state index is 12.6. The Balaban J connectivity index is 1.50. The summed E-state index contributed by atoms with van der Waals surface area (Å²) in [6, 6.07) is 13.4. The minimum atomic E-state index is -0.174. The van der Waals surface area contributed by atoms with E-state index in [-0.39, 0.29) is 5.91 Å². The van der Waals surface area contributed by atoms with Crippen LogP contribution in [0, 0.1) is 5.41 Å². The highest BCUT2D eigenvalue weighted by molar-refractivity contribution is 7.17. The summed E-state index contributed by atoms with van der Waals surface area (Å²) >= 11 is 7.98. The maximum atomic E-state index is 12.6. The van der Waals surface area contributed by atoms with Gasteiger partial charge in [0.15, 0.2) is 0 Å². The van der Waals surface area contributed by atoms with Gasteiger partial charge in [-0.1, -0.05) is 44.5 Å². The Bertz CT molecular complexity index is 1040. The molecule has 0 spiro atoms. The molecule has 1 aliphatic rings. The number of hydrogen-bond acceptors (Lipinski definition) is 3. The van der Waals surface area contributed by atoms with Crippen LogP contribution in [-0.4, -0.2) is 30.4 Å². The summed E-state index contributed by atoms with van der Waals surface area (Å²) in [4.78, 5) is 15.2. The minimum Gasteiger partial charge on any atom is -0.322 e. The molecule has 158 valence electrons. The van der Waals surface area contributed by atoms with Crippen molar-refractivity contribution in [3.8, 4) is 0 Å². The number of carbonyl (C=O) groups excluding carboxylic acids is 1. The molecule has 4 rings (SSSR count). The number of benzene rings is 2. The molecule has 3 aromatic rings. The van der Waals surface area contributed by atoms with Gasteiger partial charge < -0.3 is 10.2 Å². The number of hydrogen-bond donors (Lipinski definition) is 1. The van der Waals surface area contributed by atoms with E-state index in [0.29, 0.717) is 21.9 Å². The Morgan fingerprint density at radius 2 is 1.90 bits per heavy atom. The van der Waals surface area contributed by atoms with Crippen LogP contribution in [0.3, 0.4) is 0 Å². The number of likely N-dealkylation sites (tertiary alicyclic amines) is 1. The quantitative estimate of drug-likeness (QED) is 0.472. The molecule has 5 heteroatoms. The minimum absolute atomic E-state index is 0.174. The van der Waals surface area contributed by atoms with Crippen LogP contribution >= 0.6 is 22.9 Å². The van der Waals surface area contributed by atoms with Crippen molar-refractivity contribution in [3.63, 3.8) is 0 Å². The van der Waals surface area contributed by atoms with Crippen molar-refractivity contribution in [3.05, 3.63) is 64.0 Å². The van der Waals surface area contributed by atoms with Crippen molar-refractivity contribution >= 4 is 44.6 Å². The molecule has 0 atom stereocenters. The standard InChI is InChI=1S/C25H29ClN2OS/c1-25(2,3)16-28-12-10-17(11-13-28)21-15-30-23-9-8-18(14-20(21)23)27-24(29)19-6-4-5-7-22(19)26/h4-9,14-15,17H,10-13,16H2,1-3H3,(H,27,29). The molecule has 0 unspecified atom stereocenters. The van der Waals surface area contributed by atoms with Crippen molar-refractivity contribution in [2.75, 3.05) is 25.0 Å². The van der Waals surface area contributed by atoms with Crippen LogP contribution in [0.25, 0.3) is 10.1 Å². The first-order chi connectivity index (χ1) is 14.3. The summed E-state index contributed by atoms with van der Waals surface area (Å²) in [7, 11) is 0. The van der Waals surface area contributed by atoms with Crippen LogP contribution in [0.1, 0.15) is 55.5 Å². The molecule has 1 saturated heterocycles. The predicted octanol–water partition coefficient (Wildman–Crippen LogP) is 7.03. The molecule has 1 N–H and O–H groups in total. The van der Waals surface area contributed by atoms with Crippen LogP contribution < -0.4 is 5.32 Å². The fraction of sp³-hybridized carbons (Fsp3) is 0.400. The smallest absolute Gasteiger partial charge is 0.257 e. The first-order valence-corrected chi connectivity index (χ1v) is 11.9. The summed E-state index contributed by atoms with van der Waals surface area (Å²) in [5.41, 5.74) is 3.09. The number of nitrogens with one attached hydrogen (secondary N) is 1. The Morgan fingerprint density at radius 1 is 1.17 bits per heavy atom. The summed E-state index contributed by atoms with van der Waals surface area (Å²) in [6.07, 6.45) is 2.39. The van der Waals surface area contributed by atoms with E-state index in [9.17, 15) is 4.79 Å². The molecule has 1 fully saturated rings. The molecular formula is C25H29ClN2OS. The van der Waals surface area contributed by atoms with Gasteiger partial charge in [-0.3, -0.25) is 4.79 Å². The predicted molar refractivity (Wildman–Crippen MR) is 129 cm³/mol. The number of nitrogens with zero attached hydrogens (tertiary/aromatic N) is 1. The molecule has 1 amide bonds. The maximum Gasteiger partial charge on any atom is 0.257 e. The average molecular weight is 441 g/mol. The summed E-state index contributed by atoms with van der Waals surface area (Å²) < 4.78 is 1.28. The number of carbonyl (C=O) groups is 1. The van der Waals surface area contributed by atoms with Crippen molar-refractivity contribution in [2.45, 2.75) is 39.5 Å². The van der Waals surface area contributed by atoms with Crippen LogP contribution in [0.4, 0.5) is 5.69 Å². The van der Waals surface area contributed by atoms with Gasteiger partial charge in [0.25, 0.3) is 5.91 Å². The molecule has 30 heavy (non-hydrogen) atoms. The van der Waals surface area contributed by atoms with E-state index >= 15 is 0 Å². The van der Waals surface area contributed by atoms with E-state index < -0.39 is 0 Å². The van der Waals surface area contributed by atoms with Gasteiger partial charge in [-0.25, -0.2) is 0 Å². The zero-order valence-corrected chi connectivity index (χ0v) is 19.4. The first kappa shape index (κ1) is 21.4. The molecule has 0 bridgehead atoms. The summed E-state index contributed by atoms with van der Waals surface area (Å²) in [5, 5.41) is 7.07. The van der Waals surface area contributed by atoms with Gasteiger partial charge in [0, 0.05) is 16.9 Å². The first-order valence-electron chi connectivity index (χ1n) is 10.6.